The second-order valence-corrected chi connectivity index (χ2v) is 5.83. The van der Waals surface area contributed by atoms with Crippen LogP contribution in [0.25, 0.3) is 44.0 Å². The number of pyridine rings is 2. The van der Waals surface area contributed by atoms with Crippen LogP contribution >= 0.6 is 0 Å². The minimum atomic E-state index is -0.396. The van der Waals surface area contributed by atoms with Crippen molar-refractivity contribution in [3.8, 4) is 11.1 Å². The van der Waals surface area contributed by atoms with E-state index in [1.165, 1.54) is 0 Å². The molecule has 25 heavy (non-hydrogen) atoms. The van der Waals surface area contributed by atoms with Gasteiger partial charge in [0.1, 0.15) is 5.58 Å². The quantitative estimate of drug-likeness (QED) is 0.258. The van der Waals surface area contributed by atoms with Crippen molar-refractivity contribution in [1.29, 1.82) is 0 Å². The largest absolute Gasteiger partial charge is 0.422 e. The predicted octanol–water partition coefficient (Wildman–Crippen LogP) is 4.56. The first-order valence-corrected chi connectivity index (χ1v) is 7.98. The highest BCUT2D eigenvalue weighted by Gasteiger charge is 2.18. The molecule has 0 atom stereocenters. The van der Waals surface area contributed by atoms with Crippen LogP contribution in [-0.4, -0.2) is 9.97 Å². The molecule has 118 valence electrons. The molecule has 5 rings (SSSR count). The molecule has 0 saturated heterocycles. The first-order chi connectivity index (χ1) is 12.3. The summed E-state index contributed by atoms with van der Waals surface area (Å²) >= 11 is 0. The maximum Gasteiger partial charge on any atom is 0.346 e. The summed E-state index contributed by atoms with van der Waals surface area (Å²) in [5.41, 5.74) is 3.92. The van der Waals surface area contributed by atoms with Crippen LogP contribution in [0.2, 0.25) is 0 Å². The summed E-state index contributed by atoms with van der Waals surface area (Å²) in [5.74, 6) is 0. The van der Waals surface area contributed by atoms with Gasteiger partial charge in [0.25, 0.3) is 0 Å². The highest BCUT2D eigenvalue weighted by Crippen LogP contribution is 2.34. The van der Waals surface area contributed by atoms with Gasteiger partial charge in [-0.3, -0.25) is 4.98 Å². The second-order valence-electron chi connectivity index (χ2n) is 5.83. The fourth-order valence-corrected chi connectivity index (χ4v) is 3.27. The standard InChI is InChI=1S/C21H12N2O2/c24-21-18-17(13-7-2-1-3-8-13)20-15(10-6-12-22-20)23-19(18)14-9-4-5-11-16(14)25-21/h1-12H. The van der Waals surface area contributed by atoms with E-state index in [0.717, 1.165) is 22.0 Å². The monoisotopic (exact) mass is 324 g/mol. The lowest BCUT2D eigenvalue weighted by molar-refractivity contribution is 0.569. The Morgan fingerprint density at radius 1 is 0.800 bits per heavy atom. The Labute approximate surface area is 142 Å². The molecular formula is C21H12N2O2. The molecule has 0 amide bonds. The van der Waals surface area contributed by atoms with Crippen molar-refractivity contribution >= 4 is 32.9 Å². The normalized spacial score (nSPS) is 11.4. The van der Waals surface area contributed by atoms with Crippen molar-refractivity contribution in [1.82, 2.24) is 9.97 Å². The van der Waals surface area contributed by atoms with E-state index < -0.39 is 5.63 Å². The first kappa shape index (κ1) is 13.9. The third-order valence-corrected chi connectivity index (χ3v) is 4.35. The summed E-state index contributed by atoms with van der Waals surface area (Å²) in [6.45, 7) is 0. The molecule has 0 fully saturated rings. The van der Waals surface area contributed by atoms with Crippen molar-refractivity contribution in [2.45, 2.75) is 0 Å². The van der Waals surface area contributed by atoms with Crippen LogP contribution in [0.4, 0.5) is 0 Å². The van der Waals surface area contributed by atoms with Gasteiger partial charge >= 0.3 is 5.63 Å². The van der Waals surface area contributed by atoms with Gasteiger partial charge in [-0.05, 0) is 29.8 Å². The number of para-hydroxylation sites is 1. The van der Waals surface area contributed by atoms with E-state index in [9.17, 15) is 4.79 Å². The van der Waals surface area contributed by atoms with Crippen LogP contribution in [0.3, 0.4) is 0 Å². The van der Waals surface area contributed by atoms with E-state index in [0.29, 0.717) is 22.0 Å². The molecule has 4 heteroatoms. The number of fused-ring (bicyclic) bond motifs is 4. The molecule has 3 aromatic heterocycles. The lowest BCUT2D eigenvalue weighted by Crippen LogP contribution is -2.04. The van der Waals surface area contributed by atoms with Crippen molar-refractivity contribution in [3.63, 3.8) is 0 Å². The number of rotatable bonds is 1. The SMILES string of the molecule is O=c1oc2ccccc2c2nc3cccnc3c(-c3ccccc3)c12. The molecule has 5 aromatic rings. The molecule has 0 aliphatic rings. The van der Waals surface area contributed by atoms with Crippen LogP contribution in [0, 0.1) is 0 Å². The Morgan fingerprint density at radius 2 is 1.60 bits per heavy atom. The van der Waals surface area contributed by atoms with Crippen molar-refractivity contribution in [2.24, 2.45) is 0 Å². The van der Waals surface area contributed by atoms with Crippen LogP contribution in [0.1, 0.15) is 0 Å². The molecule has 3 heterocycles. The van der Waals surface area contributed by atoms with Crippen molar-refractivity contribution in [3.05, 3.63) is 83.3 Å². The average molecular weight is 324 g/mol. The van der Waals surface area contributed by atoms with Gasteiger partial charge in [-0.1, -0.05) is 42.5 Å². The molecule has 0 radical (unpaired) electrons. The number of hydrogen-bond donors (Lipinski definition) is 0. The van der Waals surface area contributed by atoms with Crippen molar-refractivity contribution < 1.29 is 4.42 Å². The maximum absolute atomic E-state index is 12.8. The van der Waals surface area contributed by atoms with Gasteiger partial charge in [0.15, 0.2) is 0 Å². The first-order valence-electron chi connectivity index (χ1n) is 7.98. The van der Waals surface area contributed by atoms with Crippen LogP contribution in [0.15, 0.2) is 82.1 Å². The fraction of sp³-hybridized carbons (Fsp3) is 0. The van der Waals surface area contributed by atoms with Gasteiger partial charge in [-0.2, -0.15) is 0 Å². The Morgan fingerprint density at radius 3 is 2.48 bits per heavy atom. The summed E-state index contributed by atoms with van der Waals surface area (Å²) in [7, 11) is 0. The van der Waals surface area contributed by atoms with E-state index in [1.54, 1.807) is 12.3 Å². The van der Waals surface area contributed by atoms with Crippen LogP contribution in [-0.2, 0) is 0 Å². The Bertz CT molecular complexity index is 1310. The molecule has 0 aliphatic carbocycles. The molecule has 0 spiro atoms. The maximum atomic E-state index is 12.8. The third kappa shape index (κ3) is 2.04. The highest BCUT2D eigenvalue weighted by atomic mass is 16.4. The molecular weight excluding hydrogens is 312 g/mol. The zero-order chi connectivity index (χ0) is 16.8. The molecule has 4 nitrogen and oxygen atoms in total. The molecule has 0 unspecified atom stereocenters. The van der Waals surface area contributed by atoms with E-state index >= 15 is 0 Å². The van der Waals surface area contributed by atoms with Gasteiger partial charge in [-0.25, -0.2) is 9.78 Å². The lowest BCUT2D eigenvalue weighted by Gasteiger charge is -2.10. The fourth-order valence-electron chi connectivity index (χ4n) is 3.27. The topological polar surface area (TPSA) is 56.0 Å². The van der Waals surface area contributed by atoms with E-state index in [4.69, 9.17) is 9.40 Å². The van der Waals surface area contributed by atoms with Crippen LogP contribution in [0.5, 0.6) is 0 Å². The molecule has 0 saturated carbocycles. The van der Waals surface area contributed by atoms with E-state index in [-0.39, 0.29) is 0 Å². The van der Waals surface area contributed by atoms with Crippen LogP contribution < -0.4 is 5.63 Å². The van der Waals surface area contributed by atoms with E-state index in [1.807, 2.05) is 60.7 Å². The number of benzene rings is 2. The van der Waals surface area contributed by atoms with Gasteiger partial charge in [0.2, 0.25) is 0 Å². The molecule has 0 N–H and O–H groups in total. The van der Waals surface area contributed by atoms with Gasteiger partial charge in [0, 0.05) is 17.1 Å². The minimum Gasteiger partial charge on any atom is -0.422 e. The summed E-state index contributed by atoms with van der Waals surface area (Å²) in [5, 5.41) is 1.29. The smallest absolute Gasteiger partial charge is 0.346 e. The molecule has 0 bridgehead atoms. The summed E-state index contributed by atoms with van der Waals surface area (Å²) in [6, 6.07) is 21.0. The zero-order valence-electron chi connectivity index (χ0n) is 13.1. The zero-order valence-corrected chi connectivity index (χ0v) is 13.1. The Kier molecular flexibility index (Phi) is 2.91. The number of hydrogen-bond acceptors (Lipinski definition) is 4. The van der Waals surface area contributed by atoms with Gasteiger partial charge in [0.05, 0.1) is 21.9 Å². The molecule has 0 aliphatic heterocycles. The number of nitrogens with zero attached hydrogens (tertiary/aromatic N) is 2. The second kappa shape index (κ2) is 5.24. The van der Waals surface area contributed by atoms with Gasteiger partial charge < -0.3 is 4.42 Å². The van der Waals surface area contributed by atoms with Gasteiger partial charge in [-0.15, -0.1) is 0 Å². The Hall–Kier alpha value is -3.53. The minimum absolute atomic E-state index is 0.396. The number of aromatic nitrogens is 2. The average Bonchev–Trinajstić information content (AvgIpc) is 2.67. The molecule has 2 aromatic carbocycles. The Balaban J connectivity index is 2.12. The summed E-state index contributed by atoms with van der Waals surface area (Å²) in [4.78, 5) is 22.0. The summed E-state index contributed by atoms with van der Waals surface area (Å²) < 4.78 is 5.56. The predicted molar refractivity (Wildman–Crippen MR) is 98.5 cm³/mol. The third-order valence-electron chi connectivity index (χ3n) is 4.35. The van der Waals surface area contributed by atoms with Crippen molar-refractivity contribution in [2.75, 3.05) is 0 Å². The van der Waals surface area contributed by atoms with E-state index in [2.05, 4.69) is 4.98 Å². The lowest BCUT2D eigenvalue weighted by atomic mass is 9.99. The highest BCUT2D eigenvalue weighted by molar-refractivity contribution is 6.14. The summed E-state index contributed by atoms with van der Waals surface area (Å²) in [6.07, 6.45) is 1.71.